The first-order chi connectivity index (χ1) is 8.16. The van der Waals surface area contributed by atoms with Crippen LogP contribution in [0.25, 0.3) is 0 Å². The van der Waals surface area contributed by atoms with Crippen LogP contribution in [-0.2, 0) is 6.54 Å². The van der Waals surface area contributed by atoms with E-state index in [-0.39, 0.29) is 6.04 Å². The molecule has 1 aromatic carbocycles. The molecule has 90 valence electrons. The van der Waals surface area contributed by atoms with Gasteiger partial charge in [0.2, 0.25) is 5.89 Å². The monoisotopic (exact) mass is 252 g/mol. The number of halogens is 1. The maximum atomic E-state index is 6.02. The normalized spacial score (nSPS) is 12.4. The molecule has 1 atom stereocenters. The molecule has 0 radical (unpaired) electrons. The van der Waals surface area contributed by atoms with Crippen molar-refractivity contribution in [2.45, 2.75) is 19.5 Å². The van der Waals surface area contributed by atoms with Crippen molar-refractivity contribution in [3.05, 3.63) is 40.7 Å². The summed E-state index contributed by atoms with van der Waals surface area (Å²) in [5.74, 6) is 0.409. The van der Waals surface area contributed by atoms with Crippen LogP contribution in [0, 0.1) is 0 Å². The number of anilines is 1. The minimum atomic E-state index is -0.265. The average molecular weight is 253 g/mol. The van der Waals surface area contributed by atoms with E-state index in [1.807, 2.05) is 24.3 Å². The highest BCUT2D eigenvalue weighted by molar-refractivity contribution is 6.31. The van der Waals surface area contributed by atoms with Crippen molar-refractivity contribution in [2.75, 3.05) is 5.32 Å². The molecule has 2 aromatic rings. The summed E-state index contributed by atoms with van der Waals surface area (Å²) in [5.41, 5.74) is 6.58. The summed E-state index contributed by atoms with van der Waals surface area (Å²) in [6, 6.07) is 7.64. The fourth-order valence-electron chi connectivity index (χ4n) is 1.30. The summed E-state index contributed by atoms with van der Waals surface area (Å²) in [5, 5.41) is 11.3. The summed E-state index contributed by atoms with van der Waals surface area (Å²) >= 11 is 6.02. The number of rotatable bonds is 4. The number of nitrogens with zero attached hydrogens (tertiary/aromatic N) is 2. The summed E-state index contributed by atoms with van der Waals surface area (Å²) < 4.78 is 5.31. The first-order valence-corrected chi connectivity index (χ1v) is 5.61. The zero-order chi connectivity index (χ0) is 12.3. The summed E-state index contributed by atoms with van der Waals surface area (Å²) in [6.07, 6.45) is 0. The van der Waals surface area contributed by atoms with Crippen molar-refractivity contribution in [1.82, 2.24) is 10.2 Å². The lowest BCUT2D eigenvalue weighted by molar-refractivity contribution is 0.472. The highest BCUT2D eigenvalue weighted by atomic mass is 35.5. The number of benzene rings is 1. The van der Waals surface area contributed by atoms with Crippen molar-refractivity contribution in [3.8, 4) is 0 Å². The molecule has 6 heteroatoms. The average Bonchev–Trinajstić information content (AvgIpc) is 2.77. The van der Waals surface area contributed by atoms with E-state index in [1.54, 1.807) is 6.92 Å². The minimum absolute atomic E-state index is 0.265. The Morgan fingerprint density at radius 3 is 2.82 bits per heavy atom. The quantitative estimate of drug-likeness (QED) is 0.874. The molecule has 0 spiro atoms. The van der Waals surface area contributed by atoms with Gasteiger partial charge in [-0.1, -0.05) is 34.9 Å². The summed E-state index contributed by atoms with van der Waals surface area (Å²) in [4.78, 5) is 0. The van der Waals surface area contributed by atoms with E-state index in [9.17, 15) is 0 Å². The van der Waals surface area contributed by atoms with E-state index in [2.05, 4.69) is 15.5 Å². The van der Waals surface area contributed by atoms with E-state index in [4.69, 9.17) is 21.8 Å². The largest absolute Gasteiger partial charge is 0.406 e. The van der Waals surface area contributed by atoms with Crippen molar-refractivity contribution in [1.29, 1.82) is 0 Å². The molecule has 0 saturated heterocycles. The van der Waals surface area contributed by atoms with E-state index in [1.165, 1.54) is 0 Å². The third-order valence-electron chi connectivity index (χ3n) is 2.22. The molecule has 0 amide bonds. The molecule has 0 aliphatic rings. The van der Waals surface area contributed by atoms with Crippen LogP contribution < -0.4 is 11.1 Å². The Kier molecular flexibility index (Phi) is 3.61. The predicted octanol–water partition coefficient (Wildman–Crippen LogP) is 2.35. The number of nitrogens with one attached hydrogen (secondary N) is 1. The number of hydrogen-bond acceptors (Lipinski definition) is 5. The second-order valence-corrected chi connectivity index (χ2v) is 4.09. The van der Waals surface area contributed by atoms with Crippen molar-refractivity contribution >= 4 is 17.6 Å². The van der Waals surface area contributed by atoms with Crippen LogP contribution >= 0.6 is 11.6 Å². The van der Waals surface area contributed by atoms with Crippen molar-refractivity contribution in [3.63, 3.8) is 0 Å². The van der Waals surface area contributed by atoms with Gasteiger partial charge >= 0.3 is 6.01 Å². The zero-order valence-corrected chi connectivity index (χ0v) is 10.1. The summed E-state index contributed by atoms with van der Waals surface area (Å²) in [6.45, 7) is 2.31. The Balaban J connectivity index is 2.00. The molecule has 0 fully saturated rings. The second kappa shape index (κ2) is 5.16. The summed E-state index contributed by atoms with van der Waals surface area (Å²) in [7, 11) is 0. The van der Waals surface area contributed by atoms with E-state index in [0.717, 1.165) is 5.56 Å². The van der Waals surface area contributed by atoms with Gasteiger partial charge in [0.05, 0.1) is 6.04 Å². The molecular weight excluding hydrogens is 240 g/mol. The van der Waals surface area contributed by atoms with Crippen LogP contribution in [0.4, 0.5) is 6.01 Å². The standard InChI is InChI=1S/C11H13ClN4O/c1-7(13)10-15-16-11(17-10)14-6-8-4-2-3-5-9(8)12/h2-5,7H,6,13H2,1H3,(H,14,16). The van der Waals surface area contributed by atoms with Crippen LogP contribution in [0.15, 0.2) is 28.7 Å². The van der Waals surface area contributed by atoms with Gasteiger partial charge in [0, 0.05) is 11.6 Å². The smallest absolute Gasteiger partial charge is 0.315 e. The van der Waals surface area contributed by atoms with Gasteiger partial charge < -0.3 is 15.5 Å². The van der Waals surface area contributed by atoms with Gasteiger partial charge in [-0.05, 0) is 18.6 Å². The second-order valence-electron chi connectivity index (χ2n) is 3.68. The third-order valence-corrected chi connectivity index (χ3v) is 2.59. The lowest BCUT2D eigenvalue weighted by Gasteiger charge is -2.03. The molecule has 0 bridgehead atoms. The Labute approximate surface area is 104 Å². The Bertz CT molecular complexity index is 498. The van der Waals surface area contributed by atoms with Gasteiger partial charge in [0.25, 0.3) is 0 Å². The molecule has 0 saturated carbocycles. The predicted molar refractivity (Wildman–Crippen MR) is 65.7 cm³/mol. The lowest BCUT2D eigenvalue weighted by atomic mass is 10.2. The number of hydrogen-bond donors (Lipinski definition) is 2. The maximum Gasteiger partial charge on any atom is 0.315 e. The Hall–Kier alpha value is -1.59. The fraction of sp³-hybridized carbons (Fsp3) is 0.273. The number of aromatic nitrogens is 2. The molecule has 1 heterocycles. The number of nitrogens with two attached hydrogens (primary N) is 1. The van der Waals surface area contributed by atoms with Crippen molar-refractivity contribution in [2.24, 2.45) is 5.73 Å². The van der Waals surface area contributed by atoms with E-state index < -0.39 is 0 Å². The van der Waals surface area contributed by atoms with Gasteiger partial charge in [-0.3, -0.25) is 0 Å². The van der Waals surface area contributed by atoms with Crippen LogP contribution in [-0.4, -0.2) is 10.2 Å². The minimum Gasteiger partial charge on any atom is -0.406 e. The van der Waals surface area contributed by atoms with Gasteiger partial charge in [-0.25, -0.2) is 0 Å². The van der Waals surface area contributed by atoms with Gasteiger partial charge in [0.1, 0.15) is 0 Å². The first kappa shape index (κ1) is 11.9. The van der Waals surface area contributed by atoms with Crippen molar-refractivity contribution < 1.29 is 4.42 Å². The van der Waals surface area contributed by atoms with E-state index >= 15 is 0 Å². The topological polar surface area (TPSA) is 77.0 Å². The zero-order valence-electron chi connectivity index (χ0n) is 9.35. The van der Waals surface area contributed by atoms with Crippen LogP contribution in [0.5, 0.6) is 0 Å². The molecule has 0 aliphatic heterocycles. The van der Waals surface area contributed by atoms with Crippen LogP contribution in [0.2, 0.25) is 5.02 Å². The molecule has 3 N–H and O–H groups in total. The molecule has 1 unspecified atom stereocenters. The maximum absolute atomic E-state index is 6.02. The SMILES string of the molecule is CC(N)c1nnc(NCc2ccccc2Cl)o1. The van der Waals surface area contributed by atoms with E-state index in [0.29, 0.717) is 23.5 Å². The van der Waals surface area contributed by atoms with Crippen LogP contribution in [0.1, 0.15) is 24.4 Å². The molecule has 1 aromatic heterocycles. The molecular formula is C11H13ClN4O. The van der Waals surface area contributed by atoms with Crippen LogP contribution in [0.3, 0.4) is 0 Å². The molecule has 5 nitrogen and oxygen atoms in total. The Morgan fingerprint density at radius 2 is 2.18 bits per heavy atom. The highest BCUT2D eigenvalue weighted by Gasteiger charge is 2.09. The molecule has 2 rings (SSSR count). The lowest BCUT2D eigenvalue weighted by Crippen LogP contribution is -2.04. The highest BCUT2D eigenvalue weighted by Crippen LogP contribution is 2.17. The van der Waals surface area contributed by atoms with Gasteiger partial charge in [-0.15, -0.1) is 5.10 Å². The third kappa shape index (κ3) is 2.95. The molecule has 17 heavy (non-hydrogen) atoms. The molecule has 0 aliphatic carbocycles. The van der Waals surface area contributed by atoms with Gasteiger partial charge in [-0.2, -0.15) is 0 Å². The fourth-order valence-corrected chi connectivity index (χ4v) is 1.51. The first-order valence-electron chi connectivity index (χ1n) is 5.23. The van der Waals surface area contributed by atoms with Gasteiger partial charge in [0.15, 0.2) is 0 Å². The Morgan fingerprint density at radius 1 is 1.41 bits per heavy atom.